The molecule has 1 atom stereocenters. The van der Waals surface area contributed by atoms with Crippen molar-refractivity contribution in [1.82, 2.24) is 0 Å². The first kappa shape index (κ1) is 17.9. The standard InChI is InChI=1S/C25H21NO2/c1-18-12-13-23-21(14-18)22(15-25(28)20-10-6-3-7-11-20)24(17-27)26(23)16-19-8-4-2-5-9-19/h2-15,17,24H,16H2,1H3. The predicted octanol–water partition coefficient (Wildman–Crippen LogP) is 4.85. The van der Waals surface area contributed by atoms with Gasteiger partial charge in [0.2, 0.25) is 0 Å². The lowest BCUT2D eigenvalue weighted by molar-refractivity contribution is -0.107. The lowest BCUT2D eigenvalue weighted by Gasteiger charge is -2.24. The molecule has 0 fully saturated rings. The Morgan fingerprint density at radius 2 is 1.64 bits per heavy atom. The number of ketones is 1. The summed E-state index contributed by atoms with van der Waals surface area (Å²) >= 11 is 0. The third kappa shape index (κ3) is 3.39. The molecule has 0 aliphatic carbocycles. The molecule has 3 aromatic carbocycles. The van der Waals surface area contributed by atoms with E-state index in [1.807, 2.05) is 67.6 Å². The molecule has 0 saturated carbocycles. The summed E-state index contributed by atoms with van der Waals surface area (Å²) in [5, 5.41) is 0. The molecule has 0 spiro atoms. The van der Waals surface area contributed by atoms with E-state index in [-0.39, 0.29) is 5.78 Å². The van der Waals surface area contributed by atoms with Gasteiger partial charge in [-0.2, -0.15) is 0 Å². The smallest absolute Gasteiger partial charge is 0.186 e. The fraction of sp³-hybridized carbons (Fsp3) is 0.120. The van der Waals surface area contributed by atoms with Crippen LogP contribution in [0.5, 0.6) is 0 Å². The van der Waals surface area contributed by atoms with Crippen molar-refractivity contribution in [2.75, 3.05) is 4.90 Å². The third-order valence-corrected chi connectivity index (χ3v) is 5.10. The van der Waals surface area contributed by atoms with E-state index in [1.54, 1.807) is 18.2 Å². The summed E-state index contributed by atoms with van der Waals surface area (Å²) in [6, 6.07) is 24.9. The van der Waals surface area contributed by atoms with Crippen LogP contribution in [0.3, 0.4) is 0 Å². The summed E-state index contributed by atoms with van der Waals surface area (Å²) in [6.45, 7) is 2.63. The van der Waals surface area contributed by atoms with Crippen molar-refractivity contribution in [3.63, 3.8) is 0 Å². The van der Waals surface area contributed by atoms with Crippen molar-refractivity contribution in [3.8, 4) is 0 Å². The maximum Gasteiger partial charge on any atom is 0.186 e. The van der Waals surface area contributed by atoms with Gasteiger partial charge in [0.25, 0.3) is 0 Å². The molecular weight excluding hydrogens is 346 g/mol. The Hall–Kier alpha value is -3.46. The fourth-order valence-electron chi connectivity index (χ4n) is 3.71. The molecule has 0 bridgehead atoms. The Bertz CT molecular complexity index is 1040. The van der Waals surface area contributed by atoms with Crippen LogP contribution in [0.1, 0.15) is 27.0 Å². The van der Waals surface area contributed by atoms with Crippen LogP contribution in [0.25, 0.3) is 5.57 Å². The Morgan fingerprint density at radius 1 is 0.964 bits per heavy atom. The van der Waals surface area contributed by atoms with Crippen LogP contribution in [0.4, 0.5) is 5.69 Å². The first-order valence-electron chi connectivity index (χ1n) is 9.35. The number of rotatable bonds is 5. The lowest BCUT2D eigenvalue weighted by atomic mass is 9.98. The number of allylic oxidation sites excluding steroid dienone is 1. The molecule has 1 heterocycles. The molecule has 28 heavy (non-hydrogen) atoms. The largest absolute Gasteiger partial charge is 0.353 e. The Kier molecular flexibility index (Phi) is 4.90. The predicted molar refractivity (Wildman–Crippen MR) is 112 cm³/mol. The van der Waals surface area contributed by atoms with Crippen LogP contribution < -0.4 is 4.90 Å². The summed E-state index contributed by atoms with van der Waals surface area (Å²) in [7, 11) is 0. The topological polar surface area (TPSA) is 37.4 Å². The molecule has 3 aromatic rings. The van der Waals surface area contributed by atoms with E-state index in [0.717, 1.165) is 34.2 Å². The molecule has 0 amide bonds. The molecule has 1 unspecified atom stereocenters. The van der Waals surface area contributed by atoms with Gasteiger partial charge in [0.1, 0.15) is 12.3 Å². The van der Waals surface area contributed by atoms with E-state index in [1.165, 1.54) is 0 Å². The maximum absolute atomic E-state index is 12.8. The number of aryl methyl sites for hydroxylation is 1. The van der Waals surface area contributed by atoms with Gasteiger partial charge in [0.15, 0.2) is 5.78 Å². The third-order valence-electron chi connectivity index (χ3n) is 5.10. The molecule has 4 rings (SSSR count). The minimum absolute atomic E-state index is 0.0866. The number of fused-ring (bicyclic) bond motifs is 1. The molecule has 0 radical (unpaired) electrons. The molecule has 0 saturated heterocycles. The average Bonchev–Trinajstić information content (AvgIpc) is 3.01. The van der Waals surface area contributed by atoms with Gasteiger partial charge in [-0.25, -0.2) is 0 Å². The number of nitrogens with zero attached hydrogens (tertiary/aromatic N) is 1. The highest BCUT2D eigenvalue weighted by Gasteiger charge is 2.34. The Morgan fingerprint density at radius 3 is 2.32 bits per heavy atom. The van der Waals surface area contributed by atoms with E-state index in [0.29, 0.717) is 12.1 Å². The monoisotopic (exact) mass is 367 g/mol. The van der Waals surface area contributed by atoms with Crippen LogP contribution in [0.2, 0.25) is 0 Å². The van der Waals surface area contributed by atoms with Crippen molar-refractivity contribution in [3.05, 3.63) is 107 Å². The van der Waals surface area contributed by atoms with E-state index in [4.69, 9.17) is 0 Å². The second kappa shape index (κ2) is 7.65. The van der Waals surface area contributed by atoms with E-state index >= 15 is 0 Å². The van der Waals surface area contributed by atoms with E-state index in [9.17, 15) is 9.59 Å². The second-order valence-electron chi connectivity index (χ2n) is 7.04. The second-order valence-corrected chi connectivity index (χ2v) is 7.04. The Labute approximate surface area is 164 Å². The first-order chi connectivity index (χ1) is 13.7. The first-order valence-corrected chi connectivity index (χ1v) is 9.35. The number of hydrogen-bond acceptors (Lipinski definition) is 3. The van der Waals surface area contributed by atoms with Gasteiger partial charge in [0.05, 0.1) is 0 Å². The van der Waals surface area contributed by atoms with Crippen molar-refractivity contribution < 1.29 is 9.59 Å². The van der Waals surface area contributed by atoms with Crippen LogP contribution in [0, 0.1) is 6.92 Å². The normalized spacial score (nSPS) is 16.8. The van der Waals surface area contributed by atoms with Gasteiger partial charge >= 0.3 is 0 Å². The number of hydrogen-bond donors (Lipinski definition) is 0. The summed E-state index contributed by atoms with van der Waals surface area (Å²) < 4.78 is 0. The molecule has 3 heteroatoms. The summed E-state index contributed by atoms with van der Waals surface area (Å²) in [5.74, 6) is -0.0866. The zero-order valence-electron chi connectivity index (χ0n) is 15.7. The summed E-state index contributed by atoms with van der Waals surface area (Å²) in [4.78, 5) is 27.0. The van der Waals surface area contributed by atoms with Crippen molar-refractivity contribution in [2.24, 2.45) is 0 Å². The van der Waals surface area contributed by atoms with Crippen molar-refractivity contribution in [2.45, 2.75) is 19.5 Å². The molecule has 0 N–H and O–H groups in total. The number of carbonyl (C=O) groups is 2. The zero-order valence-corrected chi connectivity index (χ0v) is 15.7. The van der Waals surface area contributed by atoms with Gasteiger partial charge in [-0.15, -0.1) is 0 Å². The summed E-state index contributed by atoms with van der Waals surface area (Å²) in [5.41, 5.74) is 5.55. The Balaban J connectivity index is 1.78. The quantitative estimate of drug-likeness (QED) is 0.368. The fourth-order valence-corrected chi connectivity index (χ4v) is 3.71. The van der Waals surface area contributed by atoms with Gasteiger partial charge in [-0.3, -0.25) is 4.79 Å². The van der Waals surface area contributed by atoms with E-state index < -0.39 is 6.04 Å². The van der Waals surface area contributed by atoms with Crippen LogP contribution >= 0.6 is 0 Å². The number of anilines is 1. The maximum atomic E-state index is 12.8. The molecule has 1 aliphatic rings. The van der Waals surface area contributed by atoms with Gasteiger partial charge in [-0.05, 0) is 36.3 Å². The van der Waals surface area contributed by atoms with Gasteiger partial charge < -0.3 is 9.69 Å². The highest BCUT2D eigenvalue weighted by atomic mass is 16.1. The molecule has 3 nitrogen and oxygen atoms in total. The van der Waals surface area contributed by atoms with Crippen molar-refractivity contribution in [1.29, 1.82) is 0 Å². The highest BCUT2D eigenvalue weighted by molar-refractivity contribution is 6.12. The van der Waals surface area contributed by atoms with Crippen LogP contribution in [0.15, 0.2) is 84.9 Å². The van der Waals surface area contributed by atoms with Crippen LogP contribution in [-0.2, 0) is 11.3 Å². The molecule has 138 valence electrons. The minimum Gasteiger partial charge on any atom is -0.353 e. The minimum atomic E-state index is -0.482. The molecule has 0 aromatic heterocycles. The SMILES string of the molecule is Cc1ccc2c(c1)C(=CC(=O)c1ccccc1)C(C=O)N2Cc1ccccc1. The molecular formula is C25H21NO2. The van der Waals surface area contributed by atoms with Crippen molar-refractivity contribution >= 4 is 23.3 Å². The lowest BCUT2D eigenvalue weighted by Crippen LogP contribution is -2.32. The van der Waals surface area contributed by atoms with Gasteiger partial charge in [-0.1, -0.05) is 72.3 Å². The van der Waals surface area contributed by atoms with Gasteiger partial charge in [0, 0.05) is 23.4 Å². The molecule has 1 aliphatic heterocycles. The number of aldehydes is 1. The van der Waals surface area contributed by atoms with E-state index in [2.05, 4.69) is 11.0 Å². The zero-order chi connectivity index (χ0) is 19.5. The van der Waals surface area contributed by atoms with Crippen LogP contribution in [-0.4, -0.2) is 18.1 Å². The number of carbonyl (C=O) groups excluding carboxylic acids is 2. The summed E-state index contributed by atoms with van der Waals surface area (Å²) in [6.07, 6.45) is 2.56. The highest BCUT2D eigenvalue weighted by Crippen LogP contribution is 2.41. The number of benzene rings is 3. The average molecular weight is 367 g/mol.